The molecule has 0 fully saturated rings. The average molecular weight is 370 g/mol. The van der Waals surface area contributed by atoms with Crippen molar-refractivity contribution in [2.24, 2.45) is 0 Å². The van der Waals surface area contributed by atoms with Gasteiger partial charge in [-0.05, 0) is 66.2 Å². The number of hydrogen-bond donors (Lipinski definition) is 1. The van der Waals surface area contributed by atoms with E-state index in [9.17, 15) is 0 Å². The van der Waals surface area contributed by atoms with E-state index in [2.05, 4.69) is 46.1 Å². The van der Waals surface area contributed by atoms with Crippen LogP contribution in [0.25, 0.3) is 0 Å². The molecule has 2 aromatic rings. The molecule has 0 unspecified atom stereocenters. The maximum absolute atomic E-state index is 6.00. The SMILES string of the molecule is CCNCc1c(C)cc(C)nc1Oc1ccc(Cl)cc1Br. The van der Waals surface area contributed by atoms with Crippen LogP contribution in [-0.2, 0) is 6.54 Å². The Balaban J connectivity index is 2.37. The summed E-state index contributed by atoms with van der Waals surface area (Å²) in [5, 5.41) is 3.98. The first-order valence-electron chi connectivity index (χ1n) is 6.82. The zero-order valence-corrected chi connectivity index (χ0v) is 14.7. The minimum atomic E-state index is 0.636. The molecule has 0 spiro atoms. The highest BCUT2D eigenvalue weighted by atomic mass is 79.9. The second-order valence-corrected chi connectivity index (χ2v) is 6.11. The van der Waals surface area contributed by atoms with Crippen LogP contribution in [0.2, 0.25) is 5.02 Å². The van der Waals surface area contributed by atoms with Crippen molar-refractivity contribution in [3.8, 4) is 11.6 Å². The van der Waals surface area contributed by atoms with Gasteiger partial charge in [-0.2, -0.15) is 0 Å². The number of hydrogen-bond acceptors (Lipinski definition) is 3. The Hall–Kier alpha value is -1.10. The molecule has 5 heteroatoms. The summed E-state index contributed by atoms with van der Waals surface area (Å²) < 4.78 is 6.81. The van der Waals surface area contributed by atoms with Crippen molar-refractivity contribution in [1.29, 1.82) is 0 Å². The van der Waals surface area contributed by atoms with Gasteiger partial charge in [-0.3, -0.25) is 0 Å². The summed E-state index contributed by atoms with van der Waals surface area (Å²) in [6.07, 6.45) is 0. The fourth-order valence-electron chi connectivity index (χ4n) is 2.04. The summed E-state index contributed by atoms with van der Waals surface area (Å²) in [6.45, 7) is 7.75. The van der Waals surface area contributed by atoms with Gasteiger partial charge in [-0.25, -0.2) is 4.98 Å². The van der Waals surface area contributed by atoms with Gasteiger partial charge in [-0.1, -0.05) is 18.5 Å². The van der Waals surface area contributed by atoms with Crippen LogP contribution in [0.4, 0.5) is 0 Å². The highest BCUT2D eigenvalue weighted by Gasteiger charge is 2.12. The summed E-state index contributed by atoms with van der Waals surface area (Å²) >= 11 is 9.43. The third kappa shape index (κ3) is 4.19. The van der Waals surface area contributed by atoms with Crippen LogP contribution in [0.1, 0.15) is 23.7 Å². The number of aromatic nitrogens is 1. The van der Waals surface area contributed by atoms with E-state index in [0.29, 0.717) is 16.7 Å². The number of rotatable bonds is 5. The molecule has 1 N–H and O–H groups in total. The number of aryl methyl sites for hydroxylation is 2. The Morgan fingerprint density at radius 1 is 1.29 bits per heavy atom. The predicted molar refractivity (Wildman–Crippen MR) is 90.3 cm³/mol. The van der Waals surface area contributed by atoms with Crippen molar-refractivity contribution in [2.75, 3.05) is 6.54 Å². The Labute approximate surface area is 138 Å². The molecule has 0 aliphatic rings. The van der Waals surface area contributed by atoms with Crippen LogP contribution in [0.15, 0.2) is 28.7 Å². The van der Waals surface area contributed by atoms with Crippen LogP contribution in [-0.4, -0.2) is 11.5 Å². The summed E-state index contributed by atoms with van der Waals surface area (Å²) in [6, 6.07) is 7.51. The van der Waals surface area contributed by atoms with Crippen molar-refractivity contribution < 1.29 is 4.74 Å². The monoisotopic (exact) mass is 368 g/mol. The number of pyridine rings is 1. The molecule has 1 aromatic heterocycles. The molecule has 0 atom stereocenters. The third-order valence-corrected chi connectivity index (χ3v) is 3.94. The number of nitrogens with one attached hydrogen (secondary N) is 1. The Bertz CT molecular complexity index is 646. The van der Waals surface area contributed by atoms with Crippen LogP contribution < -0.4 is 10.1 Å². The second-order valence-electron chi connectivity index (χ2n) is 4.82. The predicted octanol–water partition coefficient (Wildman–Crippen LogP) is 5.02. The van der Waals surface area contributed by atoms with E-state index in [1.165, 1.54) is 5.56 Å². The normalized spacial score (nSPS) is 10.7. The fourth-order valence-corrected chi connectivity index (χ4v) is 2.80. The summed E-state index contributed by atoms with van der Waals surface area (Å²) in [4.78, 5) is 4.53. The van der Waals surface area contributed by atoms with Gasteiger partial charge in [0.2, 0.25) is 5.88 Å². The lowest BCUT2D eigenvalue weighted by Crippen LogP contribution is -2.14. The lowest BCUT2D eigenvalue weighted by atomic mass is 10.1. The van der Waals surface area contributed by atoms with Gasteiger partial charge in [0.25, 0.3) is 0 Å². The molecule has 1 aromatic carbocycles. The van der Waals surface area contributed by atoms with E-state index in [-0.39, 0.29) is 0 Å². The van der Waals surface area contributed by atoms with E-state index in [1.807, 2.05) is 19.1 Å². The van der Waals surface area contributed by atoms with E-state index in [1.54, 1.807) is 6.07 Å². The molecule has 3 nitrogen and oxygen atoms in total. The van der Waals surface area contributed by atoms with Crippen LogP contribution in [0.3, 0.4) is 0 Å². The van der Waals surface area contributed by atoms with Gasteiger partial charge in [0.1, 0.15) is 5.75 Å². The van der Waals surface area contributed by atoms with E-state index in [0.717, 1.165) is 28.8 Å². The fraction of sp³-hybridized carbons (Fsp3) is 0.312. The molecular formula is C16H18BrClN2O. The molecule has 0 radical (unpaired) electrons. The van der Waals surface area contributed by atoms with Gasteiger partial charge in [0.15, 0.2) is 0 Å². The maximum atomic E-state index is 6.00. The molecular weight excluding hydrogens is 352 g/mol. The molecule has 2 rings (SSSR count). The van der Waals surface area contributed by atoms with Crippen LogP contribution in [0.5, 0.6) is 11.6 Å². The minimum Gasteiger partial charge on any atom is -0.437 e. The number of nitrogens with zero attached hydrogens (tertiary/aromatic N) is 1. The molecule has 0 amide bonds. The lowest BCUT2D eigenvalue weighted by Gasteiger charge is -2.15. The zero-order chi connectivity index (χ0) is 15.4. The molecule has 0 saturated carbocycles. The van der Waals surface area contributed by atoms with Crippen LogP contribution >= 0.6 is 27.5 Å². The zero-order valence-electron chi connectivity index (χ0n) is 12.3. The molecule has 112 valence electrons. The standard InChI is InChI=1S/C16H18BrClN2O/c1-4-19-9-13-10(2)7-11(3)20-16(13)21-15-6-5-12(18)8-14(15)17/h5-8,19H,4,9H2,1-3H3. The Morgan fingerprint density at radius 3 is 2.71 bits per heavy atom. The molecule has 21 heavy (non-hydrogen) atoms. The first kappa shape index (κ1) is 16.3. The van der Waals surface area contributed by atoms with Crippen molar-refractivity contribution in [1.82, 2.24) is 10.3 Å². The minimum absolute atomic E-state index is 0.636. The number of halogens is 2. The summed E-state index contributed by atoms with van der Waals surface area (Å²) in [5.74, 6) is 1.34. The summed E-state index contributed by atoms with van der Waals surface area (Å²) in [7, 11) is 0. The van der Waals surface area contributed by atoms with E-state index < -0.39 is 0 Å². The van der Waals surface area contributed by atoms with E-state index >= 15 is 0 Å². The summed E-state index contributed by atoms with van der Waals surface area (Å²) in [5.41, 5.74) is 3.18. The molecule has 0 aliphatic carbocycles. The number of ether oxygens (including phenoxy) is 1. The van der Waals surface area contributed by atoms with Gasteiger partial charge in [0, 0.05) is 22.8 Å². The van der Waals surface area contributed by atoms with Gasteiger partial charge in [-0.15, -0.1) is 0 Å². The van der Waals surface area contributed by atoms with Gasteiger partial charge >= 0.3 is 0 Å². The van der Waals surface area contributed by atoms with Crippen molar-refractivity contribution in [2.45, 2.75) is 27.3 Å². The molecule has 0 bridgehead atoms. The van der Waals surface area contributed by atoms with Gasteiger partial charge in [0.05, 0.1) is 4.47 Å². The van der Waals surface area contributed by atoms with Gasteiger partial charge < -0.3 is 10.1 Å². The Morgan fingerprint density at radius 2 is 2.05 bits per heavy atom. The van der Waals surface area contributed by atoms with Crippen molar-refractivity contribution in [3.05, 3.63) is 50.6 Å². The first-order chi connectivity index (χ1) is 10.0. The topological polar surface area (TPSA) is 34.2 Å². The average Bonchev–Trinajstić information content (AvgIpc) is 2.41. The van der Waals surface area contributed by atoms with Crippen molar-refractivity contribution in [3.63, 3.8) is 0 Å². The maximum Gasteiger partial charge on any atom is 0.224 e. The molecule has 0 aliphatic heterocycles. The lowest BCUT2D eigenvalue weighted by molar-refractivity contribution is 0.448. The largest absolute Gasteiger partial charge is 0.437 e. The third-order valence-electron chi connectivity index (χ3n) is 3.09. The van der Waals surface area contributed by atoms with Crippen LogP contribution in [0, 0.1) is 13.8 Å². The smallest absolute Gasteiger partial charge is 0.224 e. The quantitative estimate of drug-likeness (QED) is 0.804. The Kier molecular flexibility index (Phi) is 5.62. The second kappa shape index (κ2) is 7.25. The number of benzene rings is 1. The van der Waals surface area contributed by atoms with E-state index in [4.69, 9.17) is 16.3 Å². The molecule has 1 heterocycles. The molecule has 0 saturated heterocycles. The van der Waals surface area contributed by atoms with Crippen molar-refractivity contribution >= 4 is 27.5 Å². The highest BCUT2D eigenvalue weighted by molar-refractivity contribution is 9.10. The highest BCUT2D eigenvalue weighted by Crippen LogP contribution is 2.33. The first-order valence-corrected chi connectivity index (χ1v) is 7.99.